The zero-order chi connectivity index (χ0) is 24.1. The highest BCUT2D eigenvalue weighted by Gasteiger charge is 2.37. The molecule has 2 unspecified atom stereocenters. The predicted molar refractivity (Wildman–Crippen MR) is 133 cm³/mol. The summed E-state index contributed by atoms with van der Waals surface area (Å²) in [5.74, 6) is -0.697. The molecule has 2 heterocycles. The third-order valence-electron chi connectivity index (χ3n) is 7.29. The second-order valence-corrected chi connectivity index (χ2v) is 9.58. The summed E-state index contributed by atoms with van der Waals surface area (Å²) in [7, 11) is 0. The number of aromatic nitrogens is 1. The molecular weight excluding hydrogens is 462 g/mol. The highest BCUT2D eigenvalue weighted by molar-refractivity contribution is 6.36. The van der Waals surface area contributed by atoms with Gasteiger partial charge < -0.3 is 9.52 Å². The number of fused-ring (bicyclic) bond motifs is 2. The third-order valence-corrected chi connectivity index (χ3v) is 7.69. The van der Waals surface area contributed by atoms with Gasteiger partial charge in [-0.1, -0.05) is 54.1 Å². The van der Waals surface area contributed by atoms with E-state index in [1.165, 1.54) is 0 Å². The average molecular weight is 484 g/mol. The summed E-state index contributed by atoms with van der Waals surface area (Å²) in [6.07, 6.45) is 2.27. The number of hydrogen-bond acceptors (Lipinski definition) is 5. The zero-order valence-electron chi connectivity index (χ0n) is 18.9. The van der Waals surface area contributed by atoms with Crippen molar-refractivity contribution in [1.82, 2.24) is 9.88 Å². The van der Waals surface area contributed by atoms with Crippen molar-refractivity contribution in [2.75, 3.05) is 13.1 Å². The van der Waals surface area contributed by atoms with Gasteiger partial charge in [-0.05, 0) is 54.6 Å². The number of hydrogen-bond donors (Lipinski definition) is 1. The van der Waals surface area contributed by atoms with Gasteiger partial charge in [0.1, 0.15) is 17.1 Å². The van der Waals surface area contributed by atoms with Gasteiger partial charge in [-0.15, -0.1) is 0 Å². The first-order chi connectivity index (χ1) is 17.0. The van der Waals surface area contributed by atoms with E-state index in [0.717, 1.165) is 41.6 Å². The van der Waals surface area contributed by atoms with E-state index in [2.05, 4.69) is 11.0 Å². The molecule has 174 valence electrons. The molecule has 6 rings (SSSR count). The van der Waals surface area contributed by atoms with Crippen molar-refractivity contribution in [3.8, 4) is 28.7 Å². The average Bonchev–Trinajstić information content (AvgIpc) is 3.61. The highest BCUT2D eigenvalue weighted by Crippen LogP contribution is 2.44. The van der Waals surface area contributed by atoms with E-state index in [4.69, 9.17) is 21.0 Å². The monoisotopic (exact) mass is 483 g/mol. The van der Waals surface area contributed by atoms with Crippen LogP contribution in [0.15, 0.2) is 59.0 Å². The molecule has 0 bridgehead atoms. The molecule has 1 aromatic heterocycles. The zero-order valence-corrected chi connectivity index (χ0v) is 19.6. The summed E-state index contributed by atoms with van der Waals surface area (Å²) in [6, 6.07) is 20.1. The smallest absolute Gasteiger partial charge is 0.307 e. The Hall–Kier alpha value is -3.66. The van der Waals surface area contributed by atoms with E-state index < -0.39 is 5.97 Å². The van der Waals surface area contributed by atoms with Crippen LogP contribution in [0.25, 0.3) is 33.7 Å². The standard InChI is InChI=1S/C28H22ClN3O3/c29-25-18(16-5-2-1-3-6-16)7-4-8-20(25)27-31-23-13-21-19(22(14-30)26(23)35-27)9-10-24(21)32-12-11-17(15-32)28(33)34/h1-8,13,17,24H,9-12,15H2,(H,33,34). The van der Waals surface area contributed by atoms with Gasteiger partial charge in [0, 0.05) is 18.2 Å². The Morgan fingerprint density at radius 1 is 1.14 bits per heavy atom. The lowest BCUT2D eigenvalue weighted by Gasteiger charge is -2.24. The molecule has 2 atom stereocenters. The molecule has 1 aliphatic carbocycles. The van der Waals surface area contributed by atoms with Crippen LogP contribution in [-0.2, 0) is 11.2 Å². The van der Waals surface area contributed by atoms with Crippen molar-refractivity contribution in [2.24, 2.45) is 5.92 Å². The van der Waals surface area contributed by atoms with Crippen molar-refractivity contribution < 1.29 is 14.3 Å². The van der Waals surface area contributed by atoms with E-state index >= 15 is 0 Å². The van der Waals surface area contributed by atoms with Gasteiger partial charge in [-0.3, -0.25) is 9.69 Å². The van der Waals surface area contributed by atoms with Gasteiger partial charge in [0.2, 0.25) is 5.89 Å². The molecule has 3 aromatic carbocycles. The highest BCUT2D eigenvalue weighted by atomic mass is 35.5. The van der Waals surface area contributed by atoms with E-state index in [1.54, 1.807) is 0 Å². The van der Waals surface area contributed by atoms with E-state index in [9.17, 15) is 15.2 Å². The first kappa shape index (κ1) is 21.8. The fourth-order valence-corrected chi connectivity index (χ4v) is 5.87. The minimum atomic E-state index is -0.741. The summed E-state index contributed by atoms with van der Waals surface area (Å²) >= 11 is 6.81. The first-order valence-corrected chi connectivity index (χ1v) is 12.1. The molecule has 1 fully saturated rings. The van der Waals surface area contributed by atoms with Gasteiger partial charge in [0.25, 0.3) is 0 Å². The van der Waals surface area contributed by atoms with Crippen LogP contribution < -0.4 is 0 Å². The molecular formula is C28H22ClN3O3. The largest absolute Gasteiger partial charge is 0.481 e. The van der Waals surface area contributed by atoms with Crippen LogP contribution in [0.4, 0.5) is 0 Å². The summed E-state index contributed by atoms with van der Waals surface area (Å²) in [6.45, 7) is 1.28. The number of benzene rings is 3. The number of aliphatic carboxylic acids is 1. The van der Waals surface area contributed by atoms with Gasteiger partial charge in [0.05, 0.1) is 16.5 Å². The number of oxazole rings is 1. The quantitative estimate of drug-likeness (QED) is 0.378. The van der Waals surface area contributed by atoms with Crippen LogP contribution in [-0.4, -0.2) is 34.0 Å². The number of carbonyl (C=O) groups is 1. The maximum atomic E-state index is 11.5. The van der Waals surface area contributed by atoms with Crippen molar-refractivity contribution in [2.45, 2.75) is 25.3 Å². The van der Waals surface area contributed by atoms with Crippen LogP contribution in [0, 0.1) is 17.2 Å². The number of carboxylic acid groups (broad SMARTS) is 1. The SMILES string of the molecule is N#Cc1c2c(cc3nc(-c4cccc(-c5ccccc5)c4Cl)oc13)C(N1CCC(C(=O)O)C1)CC2. The molecule has 0 spiro atoms. The maximum Gasteiger partial charge on any atom is 0.307 e. The molecule has 4 aromatic rings. The lowest BCUT2D eigenvalue weighted by atomic mass is 10.0. The van der Waals surface area contributed by atoms with Crippen LogP contribution >= 0.6 is 11.6 Å². The molecule has 0 amide bonds. The molecule has 7 heteroatoms. The number of halogens is 1. The number of nitrogens with zero attached hydrogens (tertiary/aromatic N) is 3. The minimum absolute atomic E-state index is 0.0935. The molecule has 1 saturated heterocycles. The van der Waals surface area contributed by atoms with Crippen molar-refractivity contribution in [3.63, 3.8) is 0 Å². The van der Waals surface area contributed by atoms with Crippen LogP contribution in [0.1, 0.15) is 35.6 Å². The van der Waals surface area contributed by atoms with Crippen LogP contribution in [0.5, 0.6) is 0 Å². The Labute approximate surface area is 207 Å². The molecule has 2 aliphatic rings. The van der Waals surface area contributed by atoms with Crippen molar-refractivity contribution >= 4 is 28.7 Å². The number of likely N-dealkylation sites (tertiary alicyclic amines) is 1. The Morgan fingerprint density at radius 3 is 2.69 bits per heavy atom. The summed E-state index contributed by atoms with van der Waals surface area (Å²) < 4.78 is 6.17. The van der Waals surface area contributed by atoms with Gasteiger partial charge >= 0.3 is 5.97 Å². The molecule has 0 saturated carbocycles. The van der Waals surface area contributed by atoms with Gasteiger partial charge in [-0.2, -0.15) is 5.26 Å². The fraction of sp³-hybridized carbons (Fsp3) is 0.250. The predicted octanol–water partition coefficient (Wildman–Crippen LogP) is 6.08. The Kier molecular flexibility index (Phi) is 5.32. The van der Waals surface area contributed by atoms with E-state index in [0.29, 0.717) is 46.1 Å². The third kappa shape index (κ3) is 3.59. The van der Waals surface area contributed by atoms with E-state index in [-0.39, 0.29) is 12.0 Å². The Bertz CT molecular complexity index is 1510. The maximum absolute atomic E-state index is 11.5. The van der Waals surface area contributed by atoms with Gasteiger partial charge in [0.15, 0.2) is 5.58 Å². The first-order valence-electron chi connectivity index (χ1n) is 11.7. The Morgan fingerprint density at radius 2 is 1.94 bits per heavy atom. The molecule has 1 N–H and O–H groups in total. The summed E-state index contributed by atoms with van der Waals surface area (Å²) in [5, 5.41) is 20.0. The number of carboxylic acids is 1. The molecule has 0 radical (unpaired) electrons. The normalized spacial score (nSPS) is 19.7. The summed E-state index contributed by atoms with van der Waals surface area (Å²) in [4.78, 5) is 18.4. The fourth-order valence-electron chi connectivity index (χ4n) is 5.55. The minimum Gasteiger partial charge on any atom is -0.481 e. The number of nitriles is 1. The van der Waals surface area contributed by atoms with Crippen molar-refractivity contribution in [3.05, 3.63) is 76.3 Å². The molecule has 35 heavy (non-hydrogen) atoms. The summed E-state index contributed by atoms with van der Waals surface area (Å²) in [5.41, 5.74) is 6.22. The van der Waals surface area contributed by atoms with Crippen LogP contribution in [0.2, 0.25) is 5.02 Å². The second-order valence-electron chi connectivity index (χ2n) is 9.20. The van der Waals surface area contributed by atoms with Crippen molar-refractivity contribution in [1.29, 1.82) is 5.26 Å². The van der Waals surface area contributed by atoms with E-state index in [1.807, 2.05) is 54.6 Å². The van der Waals surface area contributed by atoms with Crippen LogP contribution in [0.3, 0.4) is 0 Å². The second kappa shape index (κ2) is 8.53. The molecule has 1 aliphatic heterocycles. The lowest BCUT2D eigenvalue weighted by Crippen LogP contribution is -2.26. The lowest BCUT2D eigenvalue weighted by molar-refractivity contribution is -0.141. The Balaban J connectivity index is 1.43. The number of rotatable bonds is 4. The van der Waals surface area contributed by atoms with Gasteiger partial charge in [-0.25, -0.2) is 4.98 Å². The molecule has 6 nitrogen and oxygen atoms in total. The topological polar surface area (TPSA) is 90.4 Å².